The summed E-state index contributed by atoms with van der Waals surface area (Å²) in [6.45, 7) is 0. The summed E-state index contributed by atoms with van der Waals surface area (Å²) in [5.41, 5.74) is 0. The highest BCUT2D eigenvalue weighted by molar-refractivity contribution is 4.92. The Labute approximate surface area is 60.2 Å². The average Bonchev–Trinajstić information content (AvgIpc) is 2.20. The zero-order valence-corrected chi connectivity index (χ0v) is 5.96. The Kier molecular flexibility index (Phi) is 1.44. The molecule has 1 nitrogen and oxygen atoms in total. The maximum Gasteiger partial charge on any atom is 0.106 e. The largest absolute Gasteiger partial charge is 0.393 e. The third-order valence-corrected chi connectivity index (χ3v) is 2.96. The van der Waals surface area contributed by atoms with E-state index in [1.165, 1.54) is 0 Å². The van der Waals surface area contributed by atoms with E-state index in [9.17, 15) is 9.50 Å². The molecule has 0 aromatic rings. The quantitative estimate of drug-likeness (QED) is 0.546. The molecule has 2 heteroatoms. The Morgan fingerprint density at radius 3 is 2.10 bits per heavy atom. The van der Waals surface area contributed by atoms with E-state index in [1.54, 1.807) is 0 Å². The fourth-order valence-corrected chi connectivity index (χ4v) is 2.42. The van der Waals surface area contributed by atoms with Crippen LogP contribution < -0.4 is 0 Å². The second-order valence-corrected chi connectivity index (χ2v) is 3.67. The van der Waals surface area contributed by atoms with Gasteiger partial charge in [0, 0.05) is 0 Å². The molecule has 2 bridgehead atoms. The van der Waals surface area contributed by atoms with E-state index >= 15 is 0 Å². The van der Waals surface area contributed by atoms with Gasteiger partial charge >= 0.3 is 0 Å². The van der Waals surface area contributed by atoms with E-state index in [2.05, 4.69) is 0 Å². The van der Waals surface area contributed by atoms with Crippen molar-refractivity contribution in [2.45, 2.75) is 38.0 Å². The molecule has 0 aliphatic heterocycles. The third kappa shape index (κ3) is 0.858. The molecule has 2 saturated carbocycles. The molecular weight excluding hydrogens is 131 g/mol. The van der Waals surface area contributed by atoms with Crippen LogP contribution in [0.25, 0.3) is 0 Å². The van der Waals surface area contributed by atoms with Crippen LogP contribution in [0.3, 0.4) is 0 Å². The molecule has 2 aliphatic rings. The Bertz CT molecular complexity index is 123. The van der Waals surface area contributed by atoms with Gasteiger partial charge in [0.15, 0.2) is 0 Å². The molecule has 2 rings (SSSR count). The first kappa shape index (κ1) is 6.59. The average molecular weight is 144 g/mol. The lowest BCUT2D eigenvalue weighted by atomic mass is 9.85. The zero-order valence-electron chi connectivity index (χ0n) is 5.96. The van der Waals surface area contributed by atoms with E-state index in [0.29, 0.717) is 12.8 Å². The van der Waals surface area contributed by atoms with Gasteiger partial charge in [0.05, 0.1) is 6.10 Å². The number of halogens is 1. The fraction of sp³-hybridized carbons (Fsp3) is 1.00. The Hall–Kier alpha value is -0.110. The molecule has 0 heterocycles. The highest BCUT2D eigenvalue weighted by atomic mass is 19.1. The zero-order chi connectivity index (χ0) is 7.14. The molecule has 1 N–H and O–H groups in total. The summed E-state index contributed by atoms with van der Waals surface area (Å²) in [6, 6.07) is 0. The fourth-order valence-electron chi connectivity index (χ4n) is 2.42. The molecule has 58 valence electrons. The molecule has 2 atom stereocenters. The second-order valence-electron chi connectivity index (χ2n) is 3.67. The Balaban J connectivity index is 2.09. The van der Waals surface area contributed by atoms with Crippen molar-refractivity contribution in [1.29, 1.82) is 0 Å². The first-order chi connectivity index (χ1) is 4.77. The van der Waals surface area contributed by atoms with E-state index in [0.717, 1.165) is 12.8 Å². The van der Waals surface area contributed by atoms with Crippen LogP contribution in [0.15, 0.2) is 0 Å². The molecular formula is C8H13FO. The van der Waals surface area contributed by atoms with Crippen molar-refractivity contribution in [2.24, 2.45) is 11.8 Å². The van der Waals surface area contributed by atoms with Crippen molar-refractivity contribution >= 4 is 0 Å². The van der Waals surface area contributed by atoms with Crippen LogP contribution in [-0.2, 0) is 0 Å². The van der Waals surface area contributed by atoms with Crippen molar-refractivity contribution in [2.75, 3.05) is 0 Å². The Morgan fingerprint density at radius 2 is 1.60 bits per heavy atom. The maximum atomic E-state index is 13.1. The highest BCUT2D eigenvalue weighted by Gasteiger charge is 2.42. The molecule has 0 saturated heterocycles. The van der Waals surface area contributed by atoms with Gasteiger partial charge in [-0.25, -0.2) is 4.39 Å². The molecule has 2 aliphatic carbocycles. The number of fused-ring (bicyclic) bond motifs is 2. The number of rotatable bonds is 0. The SMILES string of the molecule is OC1CC2CCC(C1)C2F. The summed E-state index contributed by atoms with van der Waals surface area (Å²) in [7, 11) is 0. The minimum Gasteiger partial charge on any atom is -0.393 e. The number of aliphatic hydroxyl groups excluding tert-OH is 1. The summed E-state index contributed by atoms with van der Waals surface area (Å²) < 4.78 is 13.1. The predicted octanol–water partition coefficient (Wildman–Crippen LogP) is 1.51. The monoisotopic (exact) mass is 144 g/mol. The van der Waals surface area contributed by atoms with Crippen molar-refractivity contribution in [3.05, 3.63) is 0 Å². The van der Waals surface area contributed by atoms with Crippen LogP contribution in [0.1, 0.15) is 25.7 Å². The van der Waals surface area contributed by atoms with Gasteiger partial charge in [-0.1, -0.05) is 0 Å². The third-order valence-electron chi connectivity index (χ3n) is 2.96. The smallest absolute Gasteiger partial charge is 0.106 e. The van der Waals surface area contributed by atoms with Gasteiger partial charge in [-0.3, -0.25) is 0 Å². The van der Waals surface area contributed by atoms with Gasteiger partial charge in [-0.2, -0.15) is 0 Å². The summed E-state index contributed by atoms with van der Waals surface area (Å²) in [5, 5.41) is 9.24. The molecule has 10 heavy (non-hydrogen) atoms. The lowest BCUT2D eigenvalue weighted by molar-refractivity contribution is 0.0431. The van der Waals surface area contributed by atoms with Crippen molar-refractivity contribution in [3.8, 4) is 0 Å². The van der Waals surface area contributed by atoms with Gasteiger partial charge in [-0.05, 0) is 37.5 Å². The van der Waals surface area contributed by atoms with E-state index in [4.69, 9.17) is 0 Å². The van der Waals surface area contributed by atoms with Crippen molar-refractivity contribution < 1.29 is 9.50 Å². The molecule has 2 fully saturated rings. The van der Waals surface area contributed by atoms with Crippen LogP contribution in [0.4, 0.5) is 4.39 Å². The molecule has 0 amide bonds. The number of aliphatic hydroxyl groups is 1. The number of hydrogen-bond donors (Lipinski definition) is 1. The lowest BCUT2D eigenvalue weighted by Gasteiger charge is -2.27. The number of alkyl halides is 1. The first-order valence-corrected chi connectivity index (χ1v) is 4.09. The van der Waals surface area contributed by atoms with Gasteiger partial charge in [0.1, 0.15) is 6.17 Å². The summed E-state index contributed by atoms with van der Waals surface area (Å²) in [6.07, 6.45) is 2.62. The van der Waals surface area contributed by atoms with E-state index in [1.807, 2.05) is 0 Å². The van der Waals surface area contributed by atoms with Crippen LogP contribution in [0.5, 0.6) is 0 Å². The summed E-state index contributed by atoms with van der Waals surface area (Å²) in [4.78, 5) is 0. The minimum absolute atomic E-state index is 0.189. The highest BCUT2D eigenvalue weighted by Crippen LogP contribution is 2.43. The van der Waals surface area contributed by atoms with Crippen LogP contribution in [0.2, 0.25) is 0 Å². The molecule has 0 aromatic carbocycles. The maximum absolute atomic E-state index is 13.1. The molecule has 2 unspecified atom stereocenters. The van der Waals surface area contributed by atoms with Crippen LogP contribution in [0, 0.1) is 11.8 Å². The van der Waals surface area contributed by atoms with Gasteiger partial charge in [0.25, 0.3) is 0 Å². The summed E-state index contributed by atoms with van der Waals surface area (Å²) in [5.74, 6) is 0.377. The second kappa shape index (κ2) is 2.19. The summed E-state index contributed by atoms with van der Waals surface area (Å²) >= 11 is 0. The van der Waals surface area contributed by atoms with Crippen molar-refractivity contribution in [1.82, 2.24) is 0 Å². The van der Waals surface area contributed by atoms with E-state index in [-0.39, 0.29) is 17.9 Å². The predicted molar refractivity (Wildman–Crippen MR) is 36.4 cm³/mol. The number of hydrogen-bond acceptors (Lipinski definition) is 1. The Morgan fingerprint density at radius 1 is 1.10 bits per heavy atom. The normalized spacial score (nSPS) is 53.4. The first-order valence-electron chi connectivity index (χ1n) is 4.09. The van der Waals surface area contributed by atoms with Crippen molar-refractivity contribution in [3.63, 3.8) is 0 Å². The van der Waals surface area contributed by atoms with E-state index < -0.39 is 6.17 Å². The van der Waals surface area contributed by atoms with Gasteiger partial charge in [0.2, 0.25) is 0 Å². The van der Waals surface area contributed by atoms with Crippen LogP contribution >= 0.6 is 0 Å². The van der Waals surface area contributed by atoms with Crippen LogP contribution in [-0.4, -0.2) is 17.4 Å². The standard InChI is InChI=1S/C8H13FO/c9-8-5-1-2-6(8)4-7(10)3-5/h5-8,10H,1-4H2. The topological polar surface area (TPSA) is 20.2 Å². The minimum atomic E-state index is -0.594. The van der Waals surface area contributed by atoms with Gasteiger partial charge in [-0.15, -0.1) is 0 Å². The van der Waals surface area contributed by atoms with Gasteiger partial charge < -0.3 is 5.11 Å². The molecule has 0 spiro atoms. The molecule has 0 radical (unpaired) electrons. The molecule has 0 aromatic heterocycles. The lowest BCUT2D eigenvalue weighted by Crippen LogP contribution is -2.29.